The molecule has 0 amide bonds. The van der Waals surface area contributed by atoms with Crippen molar-refractivity contribution in [2.24, 2.45) is 17.3 Å². The predicted molar refractivity (Wildman–Crippen MR) is 78.2 cm³/mol. The molecule has 1 heteroatoms. The Labute approximate surface area is 116 Å². The maximum atomic E-state index is 12.7. The lowest BCUT2D eigenvalue weighted by Gasteiger charge is -2.43. The zero-order chi connectivity index (χ0) is 13.3. The van der Waals surface area contributed by atoms with Gasteiger partial charge in [-0.25, -0.2) is 0 Å². The van der Waals surface area contributed by atoms with Gasteiger partial charge in [-0.3, -0.25) is 4.79 Å². The monoisotopic (exact) mass is 256 g/mol. The van der Waals surface area contributed by atoms with Crippen LogP contribution in [0.1, 0.15) is 62.2 Å². The minimum absolute atomic E-state index is 0.284. The van der Waals surface area contributed by atoms with Crippen LogP contribution in [0.5, 0.6) is 0 Å². The van der Waals surface area contributed by atoms with Crippen LogP contribution in [0, 0.1) is 17.3 Å². The molecule has 3 fully saturated rings. The summed E-state index contributed by atoms with van der Waals surface area (Å²) in [5.74, 6) is 1.32. The second-order valence-electron chi connectivity index (χ2n) is 6.88. The number of hydrogen-bond donors (Lipinski definition) is 0. The van der Waals surface area contributed by atoms with E-state index in [0.29, 0.717) is 17.1 Å². The van der Waals surface area contributed by atoms with Crippen LogP contribution in [-0.4, -0.2) is 5.78 Å². The van der Waals surface area contributed by atoms with E-state index in [1.165, 1.54) is 38.5 Å². The highest BCUT2D eigenvalue weighted by Gasteiger charge is 2.39. The van der Waals surface area contributed by atoms with Crippen molar-refractivity contribution >= 4 is 5.78 Å². The fourth-order valence-electron chi connectivity index (χ4n) is 4.14. The van der Waals surface area contributed by atoms with Crippen molar-refractivity contribution in [2.45, 2.75) is 51.9 Å². The Morgan fingerprint density at radius 2 is 1.74 bits per heavy atom. The number of hydrogen-bond acceptors (Lipinski definition) is 1. The van der Waals surface area contributed by atoms with Crippen molar-refractivity contribution in [1.29, 1.82) is 0 Å². The Morgan fingerprint density at radius 1 is 1.05 bits per heavy atom. The Kier molecular flexibility index (Phi) is 3.47. The van der Waals surface area contributed by atoms with Crippen molar-refractivity contribution in [2.75, 3.05) is 0 Å². The lowest BCUT2D eigenvalue weighted by Crippen LogP contribution is -2.34. The van der Waals surface area contributed by atoms with E-state index in [0.717, 1.165) is 12.0 Å². The highest BCUT2D eigenvalue weighted by Crippen LogP contribution is 2.48. The summed E-state index contributed by atoms with van der Waals surface area (Å²) in [5.41, 5.74) is 1.50. The quantitative estimate of drug-likeness (QED) is 0.690. The van der Waals surface area contributed by atoms with Gasteiger partial charge in [0.25, 0.3) is 0 Å². The molecule has 1 unspecified atom stereocenters. The summed E-state index contributed by atoms with van der Waals surface area (Å²) in [6.45, 7) is 2.45. The van der Waals surface area contributed by atoms with Gasteiger partial charge in [0.15, 0.2) is 5.78 Å². The third-order valence-corrected chi connectivity index (χ3v) is 5.50. The van der Waals surface area contributed by atoms with Crippen molar-refractivity contribution in [3.63, 3.8) is 0 Å². The molecule has 4 rings (SSSR count). The van der Waals surface area contributed by atoms with Crippen LogP contribution in [0.3, 0.4) is 0 Å². The van der Waals surface area contributed by atoms with Crippen LogP contribution in [0.4, 0.5) is 0 Å². The minimum atomic E-state index is 0.284. The first-order valence-corrected chi connectivity index (χ1v) is 7.77. The van der Waals surface area contributed by atoms with E-state index in [1.807, 2.05) is 30.3 Å². The molecular formula is C18H24O. The summed E-state index contributed by atoms with van der Waals surface area (Å²) >= 11 is 0. The fraction of sp³-hybridized carbons (Fsp3) is 0.611. The summed E-state index contributed by atoms with van der Waals surface area (Å²) in [7, 11) is 0. The van der Waals surface area contributed by atoms with Crippen molar-refractivity contribution in [1.82, 2.24) is 0 Å². The summed E-state index contributed by atoms with van der Waals surface area (Å²) in [6, 6.07) is 9.91. The third kappa shape index (κ3) is 2.61. The van der Waals surface area contributed by atoms with E-state index in [1.54, 1.807) is 0 Å². The zero-order valence-electron chi connectivity index (χ0n) is 11.9. The number of carbonyl (C=O) groups is 1. The van der Waals surface area contributed by atoms with Gasteiger partial charge < -0.3 is 0 Å². The Hall–Kier alpha value is -1.11. The Balaban J connectivity index is 1.79. The second kappa shape index (κ2) is 5.11. The van der Waals surface area contributed by atoms with Crippen LogP contribution in [-0.2, 0) is 0 Å². The fourth-order valence-corrected chi connectivity index (χ4v) is 4.14. The molecule has 19 heavy (non-hydrogen) atoms. The van der Waals surface area contributed by atoms with E-state index < -0.39 is 0 Å². The number of ketones is 1. The maximum Gasteiger partial charge on any atom is 0.166 e. The molecule has 1 aromatic rings. The molecule has 0 spiro atoms. The minimum Gasteiger partial charge on any atom is -0.294 e. The maximum absolute atomic E-state index is 12.7. The molecule has 1 aromatic carbocycles. The average Bonchev–Trinajstić information content (AvgIpc) is 2.42. The first-order valence-electron chi connectivity index (χ1n) is 7.77. The van der Waals surface area contributed by atoms with E-state index in [-0.39, 0.29) is 5.92 Å². The molecule has 0 aliphatic heterocycles. The highest BCUT2D eigenvalue weighted by molar-refractivity contribution is 5.98. The lowest BCUT2D eigenvalue weighted by atomic mass is 9.62. The second-order valence-corrected chi connectivity index (χ2v) is 6.88. The lowest BCUT2D eigenvalue weighted by molar-refractivity contribution is 0.0633. The van der Waals surface area contributed by atoms with Gasteiger partial charge in [0.1, 0.15) is 0 Å². The van der Waals surface area contributed by atoms with E-state index in [2.05, 4.69) is 6.92 Å². The van der Waals surface area contributed by atoms with Crippen LogP contribution in [0.15, 0.2) is 30.3 Å². The van der Waals surface area contributed by atoms with E-state index in [9.17, 15) is 4.79 Å². The van der Waals surface area contributed by atoms with Gasteiger partial charge in [-0.2, -0.15) is 0 Å². The molecule has 0 radical (unpaired) electrons. The molecule has 3 saturated carbocycles. The molecule has 0 N–H and O–H groups in total. The summed E-state index contributed by atoms with van der Waals surface area (Å²) in [4.78, 5) is 12.7. The van der Waals surface area contributed by atoms with Gasteiger partial charge in [-0.1, -0.05) is 43.7 Å². The number of carbonyl (C=O) groups excluding carboxylic acids is 1. The van der Waals surface area contributed by atoms with Crippen LogP contribution < -0.4 is 0 Å². The van der Waals surface area contributed by atoms with Gasteiger partial charge in [-0.15, -0.1) is 0 Å². The largest absolute Gasteiger partial charge is 0.294 e. The molecule has 1 nitrogen and oxygen atoms in total. The van der Waals surface area contributed by atoms with Gasteiger partial charge >= 0.3 is 0 Å². The Morgan fingerprint density at radius 3 is 2.42 bits per heavy atom. The first kappa shape index (κ1) is 12.9. The number of benzene rings is 1. The van der Waals surface area contributed by atoms with Crippen molar-refractivity contribution < 1.29 is 4.79 Å². The third-order valence-electron chi connectivity index (χ3n) is 5.50. The smallest absolute Gasteiger partial charge is 0.166 e. The molecule has 0 heterocycles. The van der Waals surface area contributed by atoms with E-state index in [4.69, 9.17) is 0 Å². The van der Waals surface area contributed by atoms with Crippen LogP contribution >= 0.6 is 0 Å². The van der Waals surface area contributed by atoms with Gasteiger partial charge in [0.2, 0.25) is 0 Å². The van der Waals surface area contributed by atoms with Crippen LogP contribution in [0.25, 0.3) is 0 Å². The zero-order valence-corrected chi connectivity index (χ0v) is 11.9. The first-order chi connectivity index (χ1) is 9.18. The molecule has 0 aromatic heterocycles. The van der Waals surface area contributed by atoms with Crippen LogP contribution in [0.2, 0.25) is 0 Å². The SMILES string of the molecule is CC12CCCC(C(=O)c3ccccc3)C(CC1)CC2. The van der Waals surface area contributed by atoms with E-state index >= 15 is 0 Å². The molecule has 102 valence electrons. The molecule has 3 aliphatic carbocycles. The van der Waals surface area contributed by atoms with Gasteiger partial charge in [0.05, 0.1) is 0 Å². The summed E-state index contributed by atoms with van der Waals surface area (Å²) in [6.07, 6.45) is 8.84. The molecule has 3 aliphatic rings. The van der Waals surface area contributed by atoms with Crippen molar-refractivity contribution in [3.8, 4) is 0 Å². The Bertz CT molecular complexity index is 435. The number of Topliss-reactive ketones (excluding diaryl/α,β-unsaturated/α-hetero) is 1. The van der Waals surface area contributed by atoms with Gasteiger partial charge in [-0.05, 0) is 49.9 Å². The standard InChI is InChI=1S/C18H24O/c1-18-11-5-8-16(14(9-12-18)10-13-18)17(19)15-6-3-2-4-7-15/h2-4,6-7,14,16H,5,8-13H2,1H3. The predicted octanol–water partition coefficient (Wildman–Crippen LogP) is 4.87. The van der Waals surface area contributed by atoms with Gasteiger partial charge in [0, 0.05) is 11.5 Å². The number of fused-ring (bicyclic) bond motifs is 5. The average molecular weight is 256 g/mol. The summed E-state index contributed by atoms with van der Waals surface area (Å²) in [5, 5.41) is 0. The topological polar surface area (TPSA) is 17.1 Å². The van der Waals surface area contributed by atoms with Crippen molar-refractivity contribution in [3.05, 3.63) is 35.9 Å². The molecule has 1 atom stereocenters. The summed E-state index contributed by atoms with van der Waals surface area (Å²) < 4.78 is 0. The highest BCUT2D eigenvalue weighted by atomic mass is 16.1. The number of rotatable bonds is 2. The molecule has 2 bridgehead atoms. The molecular weight excluding hydrogens is 232 g/mol. The normalized spacial score (nSPS) is 34.6. The molecule has 0 saturated heterocycles.